The molecule has 0 radical (unpaired) electrons. The lowest BCUT2D eigenvalue weighted by molar-refractivity contribution is 0.521. The van der Waals surface area contributed by atoms with Crippen LogP contribution in [0.5, 0.6) is 0 Å². The van der Waals surface area contributed by atoms with Crippen molar-refractivity contribution in [3.8, 4) is 0 Å². The lowest BCUT2D eigenvalue weighted by Crippen LogP contribution is -2.13. The van der Waals surface area contributed by atoms with Gasteiger partial charge in [0.15, 0.2) is 0 Å². The highest BCUT2D eigenvalue weighted by atomic mass is 79.9. The highest BCUT2D eigenvalue weighted by Crippen LogP contribution is 2.23. The third-order valence-corrected chi connectivity index (χ3v) is 2.23. The van der Waals surface area contributed by atoms with Crippen LogP contribution in [0.1, 0.15) is 19.4 Å². The molecule has 0 saturated heterocycles. The van der Waals surface area contributed by atoms with Crippen LogP contribution in [0.15, 0.2) is 27.9 Å². The molecule has 1 aromatic heterocycles. The topological polar surface area (TPSA) is 42.3 Å². The minimum absolute atomic E-state index is 0.546. The summed E-state index contributed by atoms with van der Waals surface area (Å²) in [4.78, 5) is 17.9. The lowest BCUT2D eigenvalue weighted by Gasteiger charge is -2.16. The zero-order valence-electron chi connectivity index (χ0n) is 7.41. The SMILES string of the molecule is CC(C)(N=C=O)c1ccc(Br)nc1. The number of hydrogen-bond acceptors (Lipinski definition) is 3. The average Bonchev–Trinajstić information content (AvgIpc) is 2.05. The van der Waals surface area contributed by atoms with E-state index < -0.39 is 5.54 Å². The first-order valence-electron chi connectivity index (χ1n) is 3.77. The van der Waals surface area contributed by atoms with Crippen LogP contribution in [0, 0.1) is 0 Å². The standard InChI is InChI=1S/C9H9BrN2O/c1-9(2,12-6-13)7-3-4-8(10)11-5-7/h3-5H,1-2H3. The van der Waals surface area contributed by atoms with E-state index in [2.05, 4.69) is 25.9 Å². The second kappa shape index (κ2) is 3.81. The number of aromatic nitrogens is 1. The van der Waals surface area contributed by atoms with Gasteiger partial charge < -0.3 is 0 Å². The number of hydrogen-bond donors (Lipinski definition) is 0. The number of isocyanates is 1. The van der Waals surface area contributed by atoms with Crippen LogP contribution in [0.25, 0.3) is 0 Å². The van der Waals surface area contributed by atoms with Gasteiger partial charge in [0.1, 0.15) is 4.60 Å². The van der Waals surface area contributed by atoms with Crippen LogP contribution in [0.2, 0.25) is 0 Å². The number of pyridine rings is 1. The Labute approximate surface area is 85.0 Å². The normalized spacial score (nSPS) is 10.7. The average molecular weight is 241 g/mol. The maximum absolute atomic E-state index is 10.1. The quantitative estimate of drug-likeness (QED) is 0.453. The predicted octanol–water partition coefficient (Wildman–Crippen LogP) is 2.42. The Morgan fingerprint density at radius 1 is 1.54 bits per heavy atom. The Hall–Kier alpha value is -0.990. The molecule has 0 aliphatic rings. The van der Waals surface area contributed by atoms with Gasteiger partial charge in [-0.1, -0.05) is 6.07 Å². The highest BCUT2D eigenvalue weighted by molar-refractivity contribution is 9.10. The first-order valence-corrected chi connectivity index (χ1v) is 4.56. The molecule has 0 fully saturated rings. The molecule has 68 valence electrons. The van der Waals surface area contributed by atoms with E-state index in [-0.39, 0.29) is 0 Å². The first kappa shape index (κ1) is 10.1. The van der Waals surface area contributed by atoms with E-state index in [0.29, 0.717) is 0 Å². The molecule has 0 aliphatic heterocycles. The highest BCUT2D eigenvalue weighted by Gasteiger charge is 2.19. The second-order valence-electron chi connectivity index (χ2n) is 3.13. The van der Waals surface area contributed by atoms with Crippen LogP contribution in [0.4, 0.5) is 0 Å². The summed E-state index contributed by atoms with van der Waals surface area (Å²) in [7, 11) is 0. The molecule has 0 bridgehead atoms. The van der Waals surface area contributed by atoms with Gasteiger partial charge in [0.2, 0.25) is 6.08 Å². The van der Waals surface area contributed by atoms with Crippen molar-refractivity contribution >= 4 is 22.0 Å². The molecule has 0 amide bonds. The number of aliphatic imine (C=N–C) groups is 1. The van der Waals surface area contributed by atoms with Gasteiger partial charge in [-0.15, -0.1) is 0 Å². The molecule has 1 rings (SSSR count). The van der Waals surface area contributed by atoms with Gasteiger partial charge in [0.25, 0.3) is 0 Å². The largest absolute Gasteiger partial charge is 0.249 e. The molecule has 13 heavy (non-hydrogen) atoms. The van der Waals surface area contributed by atoms with E-state index in [0.717, 1.165) is 10.2 Å². The Morgan fingerprint density at radius 2 is 2.23 bits per heavy atom. The van der Waals surface area contributed by atoms with E-state index in [1.807, 2.05) is 26.0 Å². The van der Waals surface area contributed by atoms with Gasteiger partial charge in [0, 0.05) is 6.20 Å². The fourth-order valence-electron chi connectivity index (χ4n) is 0.916. The summed E-state index contributed by atoms with van der Waals surface area (Å²) >= 11 is 3.23. The molecule has 4 heteroatoms. The van der Waals surface area contributed by atoms with Crippen molar-refractivity contribution in [3.05, 3.63) is 28.5 Å². The summed E-state index contributed by atoms with van der Waals surface area (Å²) in [6.07, 6.45) is 3.24. The molecular weight excluding hydrogens is 232 g/mol. The molecule has 3 nitrogen and oxygen atoms in total. The van der Waals surface area contributed by atoms with E-state index in [9.17, 15) is 4.79 Å². The van der Waals surface area contributed by atoms with Gasteiger partial charge in [-0.3, -0.25) is 0 Å². The Morgan fingerprint density at radius 3 is 2.69 bits per heavy atom. The van der Waals surface area contributed by atoms with E-state index in [1.54, 1.807) is 12.3 Å². The molecule has 0 atom stereocenters. The summed E-state index contributed by atoms with van der Waals surface area (Å²) < 4.78 is 0.766. The van der Waals surface area contributed by atoms with Crippen LogP contribution in [0.3, 0.4) is 0 Å². The molecule has 0 spiro atoms. The van der Waals surface area contributed by atoms with Crippen LogP contribution >= 0.6 is 15.9 Å². The van der Waals surface area contributed by atoms with Crippen molar-refractivity contribution in [2.45, 2.75) is 19.4 Å². The Bertz CT molecular complexity index is 339. The predicted molar refractivity (Wildman–Crippen MR) is 53.1 cm³/mol. The molecule has 0 aromatic carbocycles. The summed E-state index contributed by atoms with van der Waals surface area (Å²) in [6, 6.07) is 3.69. The zero-order chi connectivity index (χ0) is 9.90. The van der Waals surface area contributed by atoms with Crippen molar-refractivity contribution in [2.75, 3.05) is 0 Å². The number of halogens is 1. The van der Waals surface area contributed by atoms with Crippen molar-refractivity contribution < 1.29 is 4.79 Å². The van der Waals surface area contributed by atoms with Crippen molar-refractivity contribution in [2.24, 2.45) is 4.99 Å². The van der Waals surface area contributed by atoms with Crippen molar-refractivity contribution in [1.29, 1.82) is 0 Å². The van der Waals surface area contributed by atoms with Gasteiger partial charge in [0.05, 0.1) is 5.54 Å². The summed E-state index contributed by atoms with van der Waals surface area (Å²) in [6.45, 7) is 3.67. The molecule has 0 aliphatic carbocycles. The molecule has 1 aromatic rings. The van der Waals surface area contributed by atoms with E-state index in [4.69, 9.17) is 0 Å². The Kier molecular flexibility index (Phi) is 2.96. The van der Waals surface area contributed by atoms with Crippen LogP contribution < -0.4 is 0 Å². The summed E-state index contributed by atoms with van der Waals surface area (Å²) in [5.74, 6) is 0. The minimum atomic E-state index is -0.546. The van der Waals surface area contributed by atoms with Gasteiger partial charge in [-0.05, 0) is 41.4 Å². The number of carbonyl (C=O) groups excluding carboxylic acids is 1. The van der Waals surface area contributed by atoms with Crippen LogP contribution in [-0.4, -0.2) is 11.1 Å². The number of nitrogens with zero attached hydrogens (tertiary/aromatic N) is 2. The zero-order valence-corrected chi connectivity index (χ0v) is 9.00. The molecule has 0 unspecified atom stereocenters. The second-order valence-corrected chi connectivity index (χ2v) is 3.94. The van der Waals surface area contributed by atoms with E-state index >= 15 is 0 Å². The van der Waals surface area contributed by atoms with Crippen molar-refractivity contribution in [3.63, 3.8) is 0 Å². The third-order valence-electron chi connectivity index (χ3n) is 1.76. The Balaban J connectivity index is 3.07. The third kappa shape index (κ3) is 2.47. The fraction of sp³-hybridized carbons (Fsp3) is 0.333. The van der Waals surface area contributed by atoms with Crippen LogP contribution in [-0.2, 0) is 10.3 Å². The summed E-state index contributed by atoms with van der Waals surface area (Å²) in [5.41, 5.74) is 0.342. The molecule has 0 N–H and O–H groups in total. The fourth-order valence-corrected chi connectivity index (χ4v) is 1.15. The maximum atomic E-state index is 10.1. The number of rotatable bonds is 2. The molecular formula is C9H9BrN2O. The summed E-state index contributed by atoms with van der Waals surface area (Å²) in [5, 5.41) is 0. The minimum Gasteiger partial charge on any atom is -0.249 e. The van der Waals surface area contributed by atoms with Gasteiger partial charge >= 0.3 is 0 Å². The maximum Gasteiger partial charge on any atom is 0.235 e. The smallest absolute Gasteiger partial charge is 0.235 e. The van der Waals surface area contributed by atoms with Gasteiger partial charge in [-0.2, -0.15) is 4.99 Å². The first-order chi connectivity index (χ1) is 6.06. The van der Waals surface area contributed by atoms with E-state index in [1.165, 1.54) is 0 Å². The lowest BCUT2D eigenvalue weighted by atomic mass is 9.97. The van der Waals surface area contributed by atoms with Gasteiger partial charge in [-0.25, -0.2) is 9.78 Å². The van der Waals surface area contributed by atoms with Crippen molar-refractivity contribution in [1.82, 2.24) is 4.98 Å². The molecule has 1 heterocycles. The monoisotopic (exact) mass is 240 g/mol. The molecule has 0 saturated carbocycles.